The fraction of sp³-hybridized carbons (Fsp3) is 0.333. The molecule has 0 saturated heterocycles. The molecule has 1 unspecified atom stereocenters. The van der Waals surface area contributed by atoms with Gasteiger partial charge in [-0.25, -0.2) is 4.39 Å². The quantitative estimate of drug-likeness (QED) is 0.877. The fourth-order valence-corrected chi connectivity index (χ4v) is 3.27. The molecule has 0 radical (unpaired) electrons. The van der Waals surface area contributed by atoms with Crippen LogP contribution >= 0.6 is 15.9 Å². The Labute approximate surface area is 144 Å². The average Bonchev–Trinajstić information content (AvgIpc) is 2.50. The summed E-state index contributed by atoms with van der Waals surface area (Å²) in [5.74, 6) is -0.235. The number of hydrogen-bond donors (Lipinski definition) is 1. The molecule has 23 heavy (non-hydrogen) atoms. The number of anilines is 1. The number of aliphatic hydroxyl groups excluding tert-OH is 1. The number of nitrogens with zero attached hydrogens (tertiary/aromatic N) is 2. The standard InChI is InChI=1S/C18H20BrFN2O/c1-13(23)9-22-12-21(10-14-2-5-16(19)6-3-14)11-15-4-7-17(20)8-18(15)22/h2-8,13,23H,9-12H2,1H3. The van der Waals surface area contributed by atoms with E-state index < -0.39 is 6.10 Å². The summed E-state index contributed by atoms with van der Waals surface area (Å²) >= 11 is 3.45. The van der Waals surface area contributed by atoms with Gasteiger partial charge in [-0.3, -0.25) is 4.90 Å². The smallest absolute Gasteiger partial charge is 0.125 e. The minimum atomic E-state index is -0.459. The number of fused-ring (bicyclic) bond motifs is 1. The Kier molecular flexibility index (Phi) is 4.99. The fourth-order valence-electron chi connectivity index (χ4n) is 3.00. The summed E-state index contributed by atoms with van der Waals surface area (Å²) in [6.45, 7) is 4.53. The first kappa shape index (κ1) is 16.4. The molecule has 2 aromatic rings. The maximum atomic E-state index is 13.6. The highest BCUT2D eigenvalue weighted by Crippen LogP contribution is 2.29. The highest BCUT2D eigenvalue weighted by Gasteiger charge is 2.23. The first-order valence-corrected chi connectivity index (χ1v) is 8.49. The Morgan fingerprint density at radius 1 is 1.22 bits per heavy atom. The number of β-amino-alcohol motifs (C(OH)–C–C–N with tert-alkyl or cyclic N) is 1. The van der Waals surface area contributed by atoms with Crippen LogP contribution in [0.5, 0.6) is 0 Å². The zero-order chi connectivity index (χ0) is 16.4. The molecular formula is C18H20BrFN2O. The molecule has 2 aromatic carbocycles. The lowest BCUT2D eigenvalue weighted by Crippen LogP contribution is -2.44. The Balaban J connectivity index is 1.81. The van der Waals surface area contributed by atoms with Gasteiger partial charge >= 0.3 is 0 Å². The number of benzene rings is 2. The molecule has 0 bridgehead atoms. The van der Waals surface area contributed by atoms with Gasteiger partial charge in [0.2, 0.25) is 0 Å². The summed E-state index contributed by atoms with van der Waals surface area (Å²) in [4.78, 5) is 4.34. The molecule has 122 valence electrons. The molecule has 1 N–H and O–H groups in total. The Hall–Kier alpha value is -1.43. The second-order valence-electron chi connectivity index (χ2n) is 6.10. The molecule has 0 fully saturated rings. The van der Waals surface area contributed by atoms with Crippen LogP contribution in [0.3, 0.4) is 0 Å². The van der Waals surface area contributed by atoms with Crippen LogP contribution in [-0.2, 0) is 13.1 Å². The molecule has 0 aliphatic carbocycles. The molecule has 3 nitrogen and oxygen atoms in total. The second-order valence-corrected chi connectivity index (χ2v) is 7.02. The maximum absolute atomic E-state index is 13.6. The van der Waals surface area contributed by atoms with E-state index in [9.17, 15) is 9.50 Å². The first-order valence-electron chi connectivity index (χ1n) is 7.69. The van der Waals surface area contributed by atoms with E-state index in [0.717, 1.165) is 28.8 Å². The van der Waals surface area contributed by atoms with Crippen molar-refractivity contribution < 1.29 is 9.50 Å². The van der Waals surface area contributed by atoms with E-state index in [1.165, 1.54) is 11.6 Å². The lowest BCUT2D eigenvalue weighted by Gasteiger charge is -2.39. The van der Waals surface area contributed by atoms with E-state index in [0.29, 0.717) is 13.2 Å². The minimum Gasteiger partial charge on any atom is -0.392 e. The van der Waals surface area contributed by atoms with E-state index in [2.05, 4.69) is 33.0 Å². The number of rotatable bonds is 4. The van der Waals surface area contributed by atoms with Crippen LogP contribution in [-0.4, -0.2) is 29.3 Å². The third-order valence-electron chi connectivity index (χ3n) is 3.96. The highest BCUT2D eigenvalue weighted by molar-refractivity contribution is 9.10. The zero-order valence-electron chi connectivity index (χ0n) is 13.0. The number of halogens is 2. The van der Waals surface area contributed by atoms with Crippen molar-refractivity contribution in [2.24, 2.45) is 0 Å². The van der Waals surface area contributed by atoms with Crippen LogP contribution in [0.2, 0.25) is 0 Å². The van der Waals surface area contributed by atoms with Crippen LogP contribution in [0.1, 0.15) is 18.1 Å². The summed E-state index contributed by atoms with van der Waals surface area (Å²) < 4.78 is 14.6. The van der Waals surface area contributed by atoms with Crippen molar-refractivity contribution in [3.8, 4) is 0 Å². The van der Waals surface area contributed by atoms with Crippen LogP contribution < -0.4 is 4.90 Å². The van der Waals surface area contributed by atoms with Crippen LogP contribution in [0.15, 0.2) is 46.9 Å². The lowest BCUT2D eigenvalue weighted by molar-refractivity contribution is 0.181. The summed E-state index contributed by atoms with van der Waals surface area (Å²) in [5, 5.41) is 9.75. The van der Waals surface area contributed by atoms with Gasteiger partial charge in [-0.1, -0.05) is 34.1 Å². The van der Waals surface area contributed by atoms with Gasteiger partial charge in [0, 0.05) is 29.8 Å². The molecule has 1 heterocycles. The molecule has 1 atom stereocenters. The van der Waals surface area contributed by atoms with Gasteiger partial charge in [-0.15, -0.1) is 0 Å². The Bertz CT molecular complexity index is 675. The van der Waals surface area contributed by atoms with Crippen LogP contribution in [0.4, 0.5) is 10.1 Å². The number of aliphatic hydroxyl groups is 1. The Morgan fingerprint density at radius 2 is 1.96 bits per heavy atom. The second kappa shape index (κ2) is 6.99. The van der Waals surface area contributed by atoms with E-state index in [1.807, 2.05) is 23.1 Å². The first-order chi connectivity index (χ1) is 11.0. The Morgan fingerprint density at radius 3 is 2.65 bits per heavy atom. The molecule has 0 aromatic heterocycles. The summed E-state index contributed by atoms with van der Waals surface area (Å²) in [5.41, 5.74) is 3.21. The van der Waals surface area contributed by atoms with Gasteiger partial charge in [-0.05, 0) is 42.3 Å². The average molecular weight is 379 g/mol. The van der Waals surface area contributed by atoms with Gasteiger partial charge in [0.25, 0.3) is 0 Å². The van der Waals surface area contributed by atoms with Crippen LogP contribution in [0, 0.1) is 5.82 Å². The van der Waals surface area contributed by atoms with Gasteiger partial charge in [0.15, 0.2) is 0 Å². The van der Waals surface area contributed by atoms with Crippen molar-refractivity contribution in [2.45, 2.75) is 26.1 Å². The molecule has 0 spiro atoms. The SMILES string of the molecule is CC(O)CN1CN(Cc2ccc(Br)cc2)Cc2ccc(F)cc21. The summed E-state index contributed by atoms with van der Waals surface area (Å²) in [7, 11) is 0. The van der Waals surface area contributed by atoms with Crippen molar-refractivity contribution in [1.29, 1.82) is 0 Å². The predicted octanol–water partition coefficient (Wildman–Crippen LogP) is 3.75. The molecule has 5 heteroatoms. The van der Waals surface area contributed by atoms with Gasteiger partial charge in [-0.2, -0.15) is 0 Å². The van der Waals surface area contributed by atoms with Gasteiger partial charge < -0.3 is 10.0 Å². The van der Waals surface area contributed by atoms with Crippen molar-refractivity contribution >= 4 is 21.6 Å². The molecule has 3 rings (SSSR count). The molecule has 1 aliphatic heterocycles. The van der Waals surface area contributed by atoms with Gasteiger partial charge in [0.05, 0.1) is 12.8 Å². The lowest BCUT2D eigenvalue weighted by atomic mass is 10.1. The zero-order valence-corrected chi connectivity index (χ0v) is 14.6. The molecule has 1 aliphatic rings. The third-order valence-corrected chi connectivity index (χ3v) is 4.49. The predicted molar refractivity (Wildman–Crippen MR) is 93.7 cm³/mol. The van der Waals surface area contributed by atoms with Crippen LogP contribution in [0.25, 0.3) is 0 Å². The maximum Gasteiger partial charge on any atom is 0.125 e. The summed E-state index contributed by atoms with van der Waals surface area (Å²) in [6, 6.07) is 13.2. The topological polar surface area (TPSA) is 26.7 Å². The molecular weight excluding hydrogens is 359 g/mol. The summed E-state index contributed by atoms with van der Waals surface area (Å²) in [6.07, 6.45) is -0.459. The van der Waals surface area contributed by atoms with Crippen molar-refractivity contribution in [3.05, 3.63) is 63.9 Å². The largest absolute Gasteiger partial charge is 0.392 e. The third kappa shape index (κ3) is 4.10. The van der Waals surface area contributed by atoms with Gasteiger partial charge in [0.1, 0.15) is 5.82 Å². The molecule has 0 amide bonds. The van der Waals surface area contributed by atoms with E-state index in [-0.39, 0.29) is 5.82 Å². The van der Waals surface area contributed by atoms with E-state index in [1.54, 1.807) is 13.0 Å². The van der Waals surface area contributed by atoms with Crippen molar-refractivity contribution in [2.75, 3.05) is 18.1 Å². The van der Waals surface area contributed by atoms with Crippen molar-refractivity contribution in [3.63, 3.8) is 0 Å². The number of hydrogen-bond acceptors (Lipinski definition) is 3. The molecule has 0 saturated carbocycles. The van der Waals surface area contributed by atoms with E-state index in [4.69, 9.17) is 0 Å². The monoisotopic (exact) mass is 378 g/mol. The highest BCUT2D eigenvalue weighted by atomic mass is 79.9. The minimum absolute atomic E-state index is 0.235. The van der Waals surface area contributed by atoms with E-state index >= 15 is 0 Å². The van der Waals surface area contributed by atoms with Crippen molar-refractivity contribution in [1.82, 2.24) is 4.90 Å². The normalized spacial score (nSPS) is 16.3.